The minimum absolute atomic E-state index is 0.0771. The number of aliphatic carboxylic acids is 1. The third-order valence-electron chi connectivity index (χ3n) is 1.35. The SMILES string of the molecule is Cc1cc(N)sc1CC(=O)O. The van der Waals surface area contributed by atoms with Crippen LogP contribution in [0, 0.1) is 6.92 Å². The van der Waals surface area contributed by atoms with E-state index < -0.39 is 5.97 Å². The summed E-state index contributed by atoms with van der Waals surface area (Å²) in [4.78, 5) is 11.1. The molecule has 1 aromatic rings. The summed E-state index contributed by atoms with van der Waals surface area (Å²) in [6, 6.07) is 1.79. The Balaban J connectivity index is 2.85. The molecule has 0 saturated heterocycles. The number of carboxylic acids is 1. The minimum atomic E-state index is -0.810. The van der Waals surface area contributed by atoms with E-state index in [4.69, 9.17) is 10.8 Å². The Morgan fingerprint density at radius 3 is 2.82 bits per heavy atom. The Morgan fingerprint density at radius 1 is 1.82 bits per heavy atom. The fourth-order valence-electron chi connectivity index (χ4n) is 0.859. The van der Waals surface area contributed by atoms with Gasteiger partial charge < -0.3 is 10.8 Å². The maximum Gasteiger partial charge on any atom is 0.308 e. The zero-order chi connectivity index (χ0) is 8.43. The van der Waals surface area contributed by atoms with Crippen LogP contribution in [0.5, 0.6) is 0 Å². The highest BCUT2D eigenvalue weighted by molar-refractivity contribution is 7.16. The lowest BCUT2D eigenvalue weighted by atomic mass is 10.2. The number of rotatable bonds is 2. The number of nitrogen functional groups attached to an aromatic ring is 1. The van der Waals surface area contributed by atoms with Crippen molar-refractivity contribution in [1.29, 1.82) is 0 Å². The van der Waals surface area contributed by atoms with Crippen molar-refractivity contribution >= 4 is 22.3 Å². The Morgan fingerprint density at radius 2 is 2.45 bits per heavy atom. The van der Waals surface area contributed by atoms with Gasteiger partial charge in [-0.2, -0.15) is 0 Å². The first kappa shape index (κ1) is 8.07. The maximum absolute atomic E-state index is 10.3. The molecule has 0 radical (unpaired) electrons. The number of carbonyl (C=O) groups is 1. The third-order valence-corrected chi connectivity index (χ3v) is 2.42. The lowest BCUT2D eigenvalue weighted by molar-refractivity contribution is -0.136. The Labute approximate surface area is 68.5 Å². The molecule has 0 spiro atoms. The van der Waals surface area contributed by atoms with E-state index in [1.807, 2.05) is 6.92 Å². The molecule has 3 N–H and O–H groups in total. The molecular formula is C7H9NO2S. The lowest BCUT2D eigenvalue weighted by Gasteiger charge is -1.91. The van der Waals surface area contributed by atoms with Gasteiger partial charge in [0, 0.05) is 4.88 Å². The largest absolute Gasteiger partial charge is 0.481 e. The number of aryl methyl sites for hydroxylation is 1. The average Bonchev–Trinajstić information content (AvgIpc) is 2.09. The molecule has 0 atom stereocenters. The lowest BCUT2D eigenvalue weighted by Crippen LogP contribution is -1.98. The van der Waals surface area contributed by atoms with Crippen LogP contribution < -0.4 is 5.73 Å². The molecule has 0 saturated carbocycles. The summed E-state index contributed by atoms with van der Waals surface area (Å²) in [5, 5.41) is 9.15. The number of nitrogens with two attached hydrogens (primary N) is 1. The molecule has 1 rings (SSSR count). The predicted molar refractivity (Wildman–Crippen MR) is 44.8 cm³/mol. The summed E-state index contributed by atoms with van der Waals surface area (Å²) >= 11 is 1.34. The van der Waals surface area contributed by atoms with Gasteiger partial charge in [0.1, 0.15) is 0 Å². The molecular weight excluding hydrogens is 162 g/mol. The Bertz CT molecular complexity index is 280. The van der Waals surface area contributed by atoms with Crippen molar-refractivity contribution in [2.45, 2.75) is 13.3 Å². The molecule has 0 unspecified atom stereocenters. The molecule has 0 aliphatic heterocycles. The molecule has 11 heavy (non-hydrogen) atoms. The standard InChI is InChI=1S/C7H9NO2S/c1-4-2-6(8)11-5(4)3-7(9)10/h2H,3,8H2,1H3,(H,9,10). The van der Waals surface area contributed by atoms with E-state index in [0.29, 0.717) is 5.00 Å². The van der Waals surface area contributed by atoms with E-state index in [1.165, 1.54) is 11.3 Å². The molecule has 0 bridgehead atoms. The second-order valence-electron chi connectivity index (χ2n) is 2.33. The Hall–Kier alpha value is -1.03. The van der Waals surface area contributed by atoms with Crippen LogP contribution in [-0.4, -0.2) is 11.1 Å². The molecule has 3 nitrogen and oxygen atoms in total. The van der Waals surface area contributed by atoms with Gasteiger partial charge in [0.2, 0.25) is 0 Å². The average molecular weight is 171 g/mol. The van der Waals surface area contributed by atoms with E-state index >= 15 is 0 Å². The number of carboxylic acid groups (broad SMARTS) is 1. The van der Waals surface area contributed by atoms with E-state index in [2.05, 4.69) is 0 Å². The molecule has 0 aromatic carbocycles. The molecule has 0 amide bonds. The molecule has 0 aliphatic carbocycles. The quantitative estimate of drug-likeness (QED) is 0.704. The van der Waals surface area contributed by atoms with Crippen LogP contribution in [0.3, 0.4) is 0 Å². The molecule has 0 aliphatic rings. The smallest absolute Gasteiger partial charge is 0.308 e. The van der Waals surface area contributed by atoms with Gasteiger partial charge in [0.05, 0.1) is 11.4 Å². The maximum atomic E-state index is 10.3. The van der Waals surface area contributed by atoms with Crippen molar-refractivity contribution in [2.75, 3.05) is 5.73 Å². The van der Waals surface area contributed by atoms with Gasteiger partial charge in [0.25, 0.3) is 0 Å². The summed E-state index contributed by atoms with van der Waals surface area (Å²) in [5.41, 5.74) is 6.45. The van der Waals surface area contributed by atoms with Gasteiger partial charge >= 0.3 is 5.97 Å². The highest BCUT2D eigenvalue weighted by Crippen LogP contribution is 2.23. The van der Waals surface area contributed by atoms with Crippen molar-refractivity contribution in [3.05, 3.63) is 16.5 Å². The predicted octanol–water partition coefficient (Wildman–Crippen LogP) is 1.27. The highest BCUT2D eigenvalue weighted by Gasteiger charge is 2.06. The van der Waals surface area contributed by atoms with E-state index in [-0.39, 0.29) is 6.42 Å². The fourth-order valence-corrected chi connectivity index (χ4v) is 1.79. The number of thiophene rings is 1. The summed E-state index contributed by atoms with van der Waals surface area (Å²) < 4.78 is 0. The molecule has 1 aromatic heterocycles. The second kappa shape index (κ2) is 2.92. The molecule has 0 fully saturated rings. The van der Waals surface area contributed by atoms with Crippen LogP contribution >= 0.6 is 11.3 Å². The number of hydrogen-bond acceptors (Lipinski definition) is 3. The second-order valence-corrected chi connectivity index (χ2v) is 3.49. The van der Waals surface area contributed by atoms with Gasteiger partial charge in [-0.05, 0) is 18.6 Å². The fraction of sp³-hybridized carbons (Fsp3) is 0.286. The monoisotopic (exact) mass is 171 g/mol. The van der Waals surface area contributed by atoms with Crippen LogP contribution in [0.15, 0.2) is 6.07 Å². The van der Waals surface area contributed by atoms with Gasteiger partial charge in [-0.3, -0.25) is 4.79 Å². The first-order chi connectivity index (χ1) is 5.09. The Kier molecular flexibility index (Phi) is 2.14. The van der Waals surface area contributed by atoms with Gasteiger partial charge in [-0.1, -0.05) is 0 Å². The van der Waals surface area contributed by atoms with Crippen molar-refractivity contribution in [3.8, 4) is 0 Å². The summed E-state index contributed by atoms with van der Waals surface area (Å²) in [6.07, 6.45) is 0.0771. The van der Waals surface area contributed by atoms with Crippen LogP contribution in [0.25, 0.3) is 0 Å². The first-order valence-electron chi connectivity index (χ1n) is 3.16. The third kappa shape index (κ3) is 1.94. The topological polar surface area (TPSA) is 63.3 Å². The normalized spacial score (nSPS) is 9.91. The molecule has 4 heteroatoms. The first-order valence-corrected chi connectivity index (χ1v) is 3.98. The van der Waals surface area contributed by atoms with Crippen LogP contribution in [0.2, 0.25) is 0 Å². The summed E-state index contributed by atoms with van der Waals surface area (Å²) in [7, 11) is 0. The zero-order valence-corrected chi connectivity index (χ0v) is 6.94. The number of hydrogen-bond donors (Lipinski definition) is 2. The molecule has 1 heterocycles. The minimum Gasteiger partial charge on any atom is -0.481 e. The van der Waals surface area contributed by atoms with Gasteiger partial charge in [-0.25, -0.2) is 0 Å². The van der Waals surface area contributed by atoms with E-state index in [1.54, 1.807) is 6.07 Å². The summed E-state index contributed by atoms with van der Waals surface area (Å²) in [5.74, 6) is -0.810. The van der Waals surface area contributed by atoms with Crippen LogP contribution in [0.4, 0.5) is 5.00 Å². The number of anilines is 1. The van der Waals surface area contributed by atoms with Crippen molar-refractivity contribution < 1.29 is 9.90 Å². The van der Waals surface area contributed by atoms with Gasteiger partial charge in [-0.15, -0.1) is 11.3 Å². The van der Waals surface area contributed by atoms with Crippen LogP contribution in [-0.2, 0) is 11.2 Å². The summed E-state index contributed by atoms with van der Waals surface area (Å²) in [6.45, 7) is 1.87. The highest BCUT2D eigenvalue weighted by atomic mass is 32.1. The molecule has 60 valence electrons. The van der Waals surface area contributed by atoms with Crippen molar-refractivity contribution in [1.82, 2.24) is 0 Å². The van der Waals surface area contributed by atoms with Crippen molar-refractivity contribution in [3.63, 3.8) is 0 Å². The van der Waals surface area contributed by atoms with E-state index in [9.17, 15) is 4.79 Å². The van der Waals surface area contributed by atoms with Crippen LogP contribution in [0.1, 0.15) is 10.4 Å². The van der Waals surface area contributed by atoms with Gasteiger partial charge in [0.15, 0.2) is 0 Å². The zero-order valence-electron chi connectivity index (χ0n) is 6.13. The van der Waals surface area contributed by atoms with E-state index in [0.717, 1.165) is 10.4 Å². The van der Waals surface area contributed by atoms with Crippen molar-refractivity contribution in [2.24, 2.45) is 0 Å².